The summed E-state index contributed by atoms with van der Waals surface area (Å²) in [6.07, 6.45) is 0.209. The Balaban J connectivity index is 1.26. The topological polar surface area (TPSA) is 81.2 Å². The summed E-state index contributed by atoms with van der Waals surface area (Å²) in [4.78, 5) is 58.6. The molecule has 5 rings (SSSR count). The minimum atomic E-state index is -0.551. The molecule has 2 aromatic rings. The van der Waals surface area contributed by atoms with Crippen LogP contribution in [-0.4, -0.2) is 71.7 Å². The Bertz CT molecular complexity index is 1180. The van der Waals surface area contributed by atoms with Gasteiger partial charge in [0.05, 0.1) is 36.3 Å². The second-order valence-corrected chi connectivity index (χ2v) is 10.4. The number of imide groups is 2. The number of carbonyl (C=O) groups excluding carboxylic acids is 4. The van der Waals surface area contributed by atoms with E-state index in [9.17, 15) is 19.2 Å². The number of anilines is 2. The summed E-state index contributed by atoms with van der Waals surface area (Å²) in [5, 5.41) is 0.928. The van der Waals surface area contributed by atoms with Crippen LogP contribution in [0.25, 0.3) is 0 Å². The molecule has 4 amide bonds. The number of halogens is 2. The zero-order valence-electron chi connectivity index (χ0n) is 20.0. The van der Waals surface area contributed by atoms with Crippen molar-refractivity contribution in [2.45, 2.75) is 38.8 Å². The van der Waals surface area contributed by atoms with Gasteiger partial charge in [-0.2, -0.15) is 0 Å². The molecule has 0 N–H and O–H groups in total. The van der Waals surface area contributed by atoms with Gasteiger partial charge in [0.1, 0.15) is 0 Å². The summed E-state index contributed by atoms with van der Waals surface area (Å²) < 4.78 is 0. The second kappa shape index (κ2) is 9.59. The molecule has 10 heteroatoms. The van der Waals surface area contributed by atoms with Crippen LogP contribution in [-0.2, 0) is 19.2 Å². The van der Waals surface area contributed by atoms with E-state index in [0.29, 0.717) is 47.6 Å². The lowest BCUT2D eigenvalue weighted by Gasteiger charge is -2.38. The highest BCUT2D eigenvalue weighted by Gasteiger charge is 2.47. The van der Waals surface area contributed by atoms with Gasteiger partial charge in [0.15, 0.2) is 0 Å². The third kappa shape index (κ3) is 4.32. The van der Waals surface area contributed by atoms with Crippen LogP contribution in [0, 0.1) is 13.8 Å². The first-order valence-corrected chi connectivity index (χ1v) is 12.7. The van der Waals surface area contributed by atoms with Gasteiger partial charge in [-0.3, -0.25) is 29.0 Å². The normalized spacial score (nSPS) is 23.9. The van der Waals surface area contributed by atoms with Crippen molar-refractivity contribution < 1.29 is 19.2 Å². The summed E-state index contributed by atoms with van der Waals surface area (Å²) >= 11 is 12.2. The summed E-state index contributed by atoms with van der Waals surface area (Å²) in [7, 11) is 0. The summed E-state index contributed by atoms with van der Waals surface area (Å²) in [5.74, 6) is -1.01. The Hall–Kier alpha value is -2.78. The lowest BCUT2D eigenvalue weighted by Crippen LogP contribution is -2.56. The molecule has 0 saturated carbocycles. The quantitative estimate of drug-likeness (QED) is 0.567. The van der Waals surface area contributed by atoms with E-state index in [2.05, 4.69) is 0 Å². The van der Waals surface area contributed by atoms with Gasteiger partial charge in [-0.1, -0.05) is 35.3 Å². The molecule has 2 atom stereocenters. The fourth-order valence-electron chi connectivity index (χ4n) is 5.32. The zero-order valence-corrected chi connectivity index (χ0v) is 21.6. The molecule has 0 aromatic heterocycles. The van der Waals surface area contributed by atoms with Crippen LogP contribution >= 0.6 is 23.2 Å². The van der Waals surface area contributed by atoms with Crippen molar-refractivity contribution in [1.82, 2.24) is 9.80 Å². The number of aryl methyl sites for hydroxylation is 2. The first-order valence-electron chi connectivity index (χ1n) is 11.9. The monoisotopic (exact) mass is 528 g/mol. The number of rotatable bonds is 4. The molecule has 3 aliphatic heterocycles. The van der Waals surface area contributed by atoms with E-state index in [0.717, 1.165) is 11.1 Å². The Morgan fingerprint density at radius 2 is 1.00 bits per heavy atom. The third-order valence-corrected chi connectivity index (χ3v) is 7.77. The molecule has 0 bridgehead atoms. The standard InChI is InChI=1S/C26H26Cl2N4O4/c1-15-3-5-17(27)11-19(15)31-23(33)13-21(25(31)35)29-7-9-30(10-8-29)22-14-24(34)32(26(22)36)20-12-18(28)6-4-16(20)2/h3-6,11-12,21-22H,7-10,13-14H2,1-2H3/t21-,22-/m1/s1. The number of hydrogen-bond acceptors (Lipinski definition) is 6. The van der Waals surface area contributed by atoms with Gasteiger partial charge in [-0.15, -0.1) is 0 Å². The van der Waals surface area contributed by atoms with Crippen molar-refractivity contribution in [1.29, 1.82) is 0 Å². The molecule has 3 aliphatic rings. The Kier molecular flexibility index (Phi) is 6.63. The van der Waals surface area contributed by atoms with Crippen molar-refractivity contribution in [3.63, 3.8) is 0 Å². The number of hydrogen-bond donors (Lipinski definition) is 0. The highest BCUT2D eigenvalue weighted by atomic mass is 35.5. The lowest BCUT2D eigenvalue weighted by molar-refractivity contribution is -0.126. The molecule has 188 valence electrons. The van der Waals surface area contributed by atoms with Crippen molar-refractivity contribution in [2.75, 3.05) is 36.0 Å². The van der Waals surface area contributed by atoms with Gasteiger partial charge in [0, 0.05) is 36.2 Å². The van der Waals surface area contributed by atoms with Crippen molar-refractivity contribution in [3.8, 4) is 0 Å². The Morgan fingerprint density at radius 1 is 0.639 bits per heavy atom. The molecular formula is C26H26Cl2N4O4. The second-order valence-electron chi connectivity index (χ2n) is 9.51. The first-order chi connectivity index (χ1) is 17.2. The number of carbonyl (C=O) groups is 4. The number of amides is 4. The molecule has 0 aliphatic carbocycles. The minimum absolute atomic E-state index is 0.105. The number of nitrogens with zero attached hydrogens (tertiary/aromatic N) is 4. The van der Waals surface area contributed by atoms with Crippen molar-refractivity contribution in [3.05, 3.63) is 57.6 Å². The van der Waals surface area contributed by atoms with Gasteiger partial charge >= 0.3 is 0 Å². The SMILES string of the molecule is Cc1ccc(Cl)cc1N1C(=O)C[C@@H](N2CCN([C@@H]3CC(=O)N(c4cc(Cl)ccc4C)C3=O)CC2)C1=O. The predicted molar refractivity (Wildman–Crippen MR) is 137 cm³/mol. The largest absolute Gasteiger partial charge is 0.289 e. The highest BCUT2D eigenvalue weighted by molar-refractivity contribution is 6.32. The minimum Gasteiger partial charge on any atom is -0.289 e. The van der Waals surface area contributed by atoms with Gasteiger partial charge in [0.2, 0.25) is 11.8 Å². The van der Waals surface area contributed by atoms with Crippen LogP contribution < -0.4 is 9.80 Å². The molecular weight excluding hydrogens is 503 g/mol. The summed E-state index contributed by atoms with van der Waals surface area (Å²) in [5.41, 5.74) is 2.64. The van der Waals surface area contributed by atoms with Gasteiger partial charge in [-0.25, -0.2) is 9.80 Å². The van der Waals surface area contributed by atoms with E-state index in [1.54, 1.807) is 36.4 Å². The molecule has 8 nitrogen and oxygen atoms in total. The molecule has 0 spiro atoms. The van der Waals surface area contributed by atoms with Crippen LogP contribution in [0.3, 0.4) is 0 Å². The van der Waals surface area contributed by atoms with Crippen LogP contribution in [0.15, 0.2) is 36.4 Å². The van der Waals surface area contributed by atoms with Crippen LogP contribution in [0.2, 0.25) is 10.0 Å². The summed E-state index contributed by atoms with van der Waals surface area (Å²) in [6.45, 7) is 5.74. The fourth-order valence-corrected chi connectivity index (χ4v) is 5.65. The molecule has 3 fully saturated rings. The highest BCUT2D eigenvalue weighted by Crippen LogP contribution is 2.33. The van der Waals surface area contributed by atoms with E-state index < -0.39 is 12.1 Å². The Labute approximate surface area is 219 Å². The Morgan fingerprint density at radius 3 is 1.36 bits per heavy atom. The summed E-state index contributed by atoms with van der Waals surface area (Å²) in [6, 6.07) is 9.22. The van der Waals surface area contributed by atoms with Gasteiger partial charge < -0.3 is 0 Å². The fraction of sp³-hybridized carbons (Fsp3) is 0.385. The number of benzene rings is 2. The predicted octanol–water partition coefficient (Wildman–Crippen LogP) is 3.19. The smallest absolute Gasteiger partial charge is 0.251 e. The van der Waals surface area contributed by atoms with E-state index in [1.807, 2.05) is 23.6 Å². The maximum absolute atomic E-state index is 13.3. The van der Waals surface area contributed by atoms with Crippen molar-refractivity contribution >= 4 is 58.2 Å². The van der Waals surface area contributed by atoms with Crippen molar-refractivity contribution in [2.24, 2.45) is 0 Å². The van der Waals surface area contributed by atoms with E-state index >= 15 is 0 Å². The van der Waals surface area contributed by atoms with Crippen LogP contribution in [0.5, 0.6) is 0 Å². The molecule has 3 heterocycles. The molecule has 0 unspecified atom stereocenters. The van der Waals surface area contributed by atoms with Gasteiger partial charge in [0.25, 0.3) is 11.8 Å². The maximum Gasteiger partial charge on any atom is 0.251 e. The zero-order chi connectivity index (χ0) is 25.7. The first kappa shape index (κ1) is 24.9. The van der Waals surface area contributed by atoms with Crippen LogP contribution in [0.4, 0.5) is 11.4 Å². The molecule has 3 saturated heterocycles. The molecule has 2 aromatic carbocycles. The van der Waals surface area contributed by atoms with Crippen LogP contribution in [0.1, 0.15) is 24.0 Å². The molecule has 0 radical (unpaired) electrons. The average molecular weight is 529 g/mol. The van der Waals surface area contributed by atoms with E-state index in [-0.39, 0.29) is 36.5 Å². The number of piperazine rings is 1. The third-order valence-electron chi connectivity index (χ3n) is 7.30. The molecule has 36 heavy (non-hydrogen) atoms. The van der Waals surface area contributed by atoms with E-state index in [1.165, 1.54) is 9.80 Å². The average Bonchev–Trinajstić information content (AvgIpc) is 3.31. The lowest BCUT2D eigenvalue weighted by atomic mass is 10.1. The van der Waals surface area contributed by atoms with Gasteiger partial charge in [-0.05, 0) is 49.2 Å². The maximum atomic E-state index is 13.3. The van der Waals surface area contributed by atoms with E-state index in [4.69, 9.17) is 23.2 Å².